The lowest BCUT2D eigenvalue weighted by atomic mass is 9.81. The molecule has 0 N–H and O–H groups in total. The first-order chi connectivity index (χ1) is 10.6. The van der Waals surface area contributed by atoms with Crippen LogP contribution in [0.25, 0.3) is 0 Å². The normalized spacial score (nSPS) is 11.4. The summed E-state index contributed by atoms with van der Waals surface area (Å²) in [7, 11) is 0. The number of rotatable bonds is 3. The predicted octanol–water partition coefficient (Wildman–Crippen LogP) is 5.83. The van der Waals surface area contributed by atoms with Crippen LogP contribution in [0.1, 0.15) is 27.8 Å². The molecule has 0 aliphatic heterocycles. The van der Waals surface area contributed by atoms with Crippen molar-refractivity contribution in [2.24, 2.45) is 0 Å². The van der Waals surface area contributed by atoms with E-state index in [0.717, 1.165) is 16.7 Å². The van der Waals surface area contributed by atoms with Crippen molar-refractivity contribution in [3.05, 3.63) is 107 Å². The molecule has 0 aliphatic rings. The van der Waals surface area contributed by atoms with Crippen LogP contribution in [0, 0.1) is 13.8 Å². The minimum absolute atomic E-state index is 0.668. The molecular formula is C21H19Cl. The minimum Gasteiger partial charge on any atom is -0.104 e. The molecule has 0 fully saturated rings. The summed E-state index contributed by atoms with van der Waals surface area (Å²) in [6.45, 7) is 4.28. The van der Waals surface area contributed by atoms with Gasteiger partial charge in [0.25, 0.3) is 0 Å². The summed E-state index contributed by atoms with van der Waals surface area (Å²) in [4.78, 5) is -0.668. The van der Waals surface area contributed by atoms with Crippen LogP contribution in [0.2, 0.25) is 0 Å². The van der Waals surface area contributed by atoms with Crippen molar-refractivity contribution in [3.8, 4) is 0 Å². The molecule has 0 bridgehead atoms. The monoisotopic (exact) mass is 306 g/mol. The Hall–Kier alpha value is -2.05. The lowest BCUT2D eigenvalue weighted by Crippen LogP contribution is -2.23. The molecule has 0 saturated carbocycles. The molecule has 3 aromatic carbocycles. The van der Waals surface area contributed by atoms with Gasteiger partial charge in [0.1, 0.15) is 4.87 Å². The number of benzene rings is 3. The molecule has 22 heavy (non-hydrogen) atoms. The maximum atomic E-state index is 7.29. The molecule has 0 radical (unpaired) electrons. The maximum absolute atomic E-state index is 7.29. The molecule has 1 heteroatoms. The minimum atomic E-state index is -0.668. The van der Waals surface area contributed by atoms with Gasteiger partial charge >= 0.3 is 0 Å². The van der Waals surface area contributed by atoms with Crippen molar-refractivity contribution in [1.82, 2.24) is 0 Å². The largest absolute Gasteiger partial charge is 0.120 e. The first kappa shape index (κ1) is 14.9. The van der Waals surface area contributed by atoms with E-state index in [2.05, 4.69) is 56.3 Å². The van der Waals surface area contributed by atoms with Crippen LogP contribution in [0.4, 0.5) is 0 Å². The number of hydrogen-bond acceptors (Lipinski definition) is 0. The first-order valence-electron chi connectivity index (χ1n) is 7.50. The lowest BCUT2D eigenvalue weighted by molar-refractivity contribution is 0.865. The predicted molar refractivity (Wildman–Crippen MR) is 94.5 cm³/mol. The van der Waals surface area contributed by atoms with Crippen LogP contribution >= 0.6 is 11.6 Å². The third kappa shape index (κ3) is 2.44. The summed E-state index contributed by atoms with van der Waals surface area (Å²) in [5.41, 5.74) is 5.83. The fraction of sp³-hybridized carbons (Fsp3) is 0.143. The second kappa shape index (κ2) is 5.98. The Morgan fingerprint density at radius 1 is 0.636 bits per heavy atom. The standard InChI is InChI=1S/C21H19Cl/c1-16-10-9-15-20(17(16)2)21(22,18-11-5-3-6-12-18)19-13-7-4-8-14-19/h3-15H,1-2H3. The molecule has 0 atom stereocenters. The van der Waals surface area contributed by atoms with Crippen molar-refractivity contribution in [2.45, 2.75) is 18.7 Å². The van der Waals surface area contributed by atoms with Gasteiger partial charge in [-0.1, -0.05) is 78.9 Å². The molecule has 0 spiro atoms. The smallest absolute Gasteiger partial charge is 0.104 e. The Bertz CT molecular complexity index is 721. The number of alkyl halides is 1. The van der Waals surface area contributed by atoms with Gasteiger partial charge in [0.05, 0.1) is 0 Å². The highest BCUT2D eigenvalue weighted by Crippen LogP contribution is 2.44. The highest BCUT2D eigenvalue weighted by Gasteiger charge is 2.35. The average molecular weight is 307 g/mol. The molecular weight excluding hydrogens is 288 g/mol. The van der Waals surface area contributed by atoms with E-state index < -0.39 is 4.87 Å². The number of aryl methyl sites for hydroxylation is 1. The zero-order chi connectivity index (χ0) is 15.6. The third-order valence-corrected chi connectivity index (χ3v) is 4.96. The zero-order valence-corrected chi connectivity index (χ0v) is 13.6. The van der Waals surface area contributed by atoms with Gasteiger partial charge in [0.15, 0.2) is 0 Å². The Kier molecular flexibility index (Phi) is 4.04. The van der Waals surface area contributed by atoms with Crippen molar-refractivity contribution in [2.75, 3.05) is 0 Å². The number of halogens is 1. The van der Waals surface area contributed by atoms with Gasteiger partial charge in [-0.2, -0.15) is 0 Å². The van der Waals surface area contributed by atoms with Crippen LogP contribution < -0.4 is 0 Å². The topological polar surface area (TPSA) is 0 Å². The van der Waals surface area contributed by atoms with Crippen LogP contribution in [-0.2, 0) is 4.87 Å². The van der Waals surface area contributed by atoms with Crippen molar-refractivity contribution in [1.29, 1.82) is 0 Å². The van der Waals surface area contributed by atoms with E-state index >= 15 is 0 Å². The lowest BCUT2D eigenvalue weighted by Gasteiger charge is -2.31. The van der Waals surface area contributed by atoms with Gasteiger partial charge in [-0.05, 0) is 41.7 Å². The second-order valence-corrected chi connectivity index (χ2v) is 6.20. The summed E-state index contributed by atoms with van der Waals surface area (Å²) in [6, 6.07) is 27.0. The molecule has 0 amide bonds. The first-order valence-corrected chi connectivity index (χ1v) is 7.88. The van der Waals surface area contributed by atoms with E-state index in [1.165, 1.54) is 11.1 Å². The van der Waals surface area contributed by atoms with Crippen molar-refractivity contribution >= 4 is 11.6 Å². The molecule has 0 heterocycles. The van der Waals surface area contributed by atoms with Crippen molar-refractivity contribution in [3.63, 3.8) is 0 Å². The van der Waals surface area contributed by atoms with E-state index in [1.807, 2.05) is 36.4 Å². The molecule has 0 aromatic heterocycles. The van der Waals surface area contributed by atoms with E-state index in [9.17, 15) is 0 Å². The molecule has 0 nitrogen and oxygen atoms in total. The van der Waals surface area contributed by atoms with E-state index in [0.29, 0.717) is 0 Å². The number of hydrogen-bond donors (Lipinski definition) is 0. The Labute approximate surface area is 137 Å². The fourth-order valence-corrected chi connectivity index (χ4v) is 3.39. The zero-order valence-electron chi connectivity index (χ0n) is 12.9. The molecule has 0 aliphatic carbocycles. The SMILES string of the molecule is Cc1cccc(C(Cl)(c2ccccc2)c2ccccc2)c1C. The Balaban J connectivity index is 2.31. The van der Waals surface area contributed by atoms with E-state index in [1.54, 1.807) is 0 Å². The Morgan fingerprint density at radius 2 is 1.14 bits per heavy atom. The van der Waals surface area contributed by atoms with E-state index in [4.69, 9.17) is 11.6 Å². The average Bonchev–Trinajstić information content (AvgIpc) is 2.58. The van der Waals surface area contributed by atoms with Gasteiger partial charge in [0.2, 0.25) is 0 Å². The molecule has 3 aromatic rings. The van der Waals surface area contributed by atoms with Gasteiger partial charge < -0.3 is 0 Å². The van der Waals surface area contributed by atoms with Crippen LogP contribution in [0.5, 0.6) is 0 Å². The van der Waals surface area contributed by atoms with Crippen LogP contribution in [0.3, 0.4) is 0 Å². The molecule has 0 saturated heterocycles. The molecule has 3 rings (SSSR count). The van der Waals surface area contributed by atoms with Gasteiger partial charge in [-0.25, -0.2) is 0 Å². The van der Waals surface area contributed by atoms with Crippen molar-refractivity contribution < 1.29 is 0 Å². The molecule has 0 unspecified atom stereocenters. The molecule has 110 valence electrons. The van der Waals surface area contributed by atoms with Gasteiger partial charge in [0, 0.05) is 0 Å². The van der Waals surface area contributed by atoms with Gasteiger partial charge in [-0.3, -0.25) is 0 Å². The Morgan fingerprint density at radius 3 is 1.64 bits per heavy atom. The van der Waals surface area contributed by atoms with Crippen LogP contribution in [0.15, 0.2) is 78.9 Å². The van der Waals surface area contributed by atoms with E-state index in [-0.39, 0.29) is 0 Å². The second-order valence-electron chi connectivity index (χ2n) is 5.64. The summed E-state index contributed by atoms with van der Waals surface area (Å²) in [5, 5.41) is 0. The van der Waals surface area contributed by atoms with Gasteiger partial charge in [-0.15, -0.1) is 11.6 Å². The summed E-state index contributed by atoms with van der Waals surface area (Å²) >= 11 is 7.29. The quantitative estimate of drug-likeness (QED) is 0.421. The summed E-state index contributed by atoms with van der Waals surface area (Å²) in [5.74, 6) is 0. The maximum Gasteiger partial charge on any atom is 0.120 e. The van der Waals surface area contributed by atoms with Crippen LogP contribution in [-0.4, -0.2) is 0 Å². The fourth-order valence-electron chi connectivity index (χ4n) is 2.94. The third-order valence-electron chi connectivity index (χ3n) is 4.32. The summed E-state index contributed by atoms with van der Waals surface area (Å²) in [6.07, 6.45) is 0. The highest BCUT2D eigenvalue weighted by atomic mass is 35.5. The highest BCUT2D eigenvalue weighted by molar-refractivity contribution is 6.28. The summed E-state index contributed by atoms with van der Waals surface area (Å²) < 4.78 is 0.